The normalized spacial score (nSPS) is 18.0. The highest BCUT2D eigenvalue weighted by molar-refractivity contribution is 6.75. The Morgan fingerprint density at radius 3 is 1.56 bits per heavy atom. The topological polar surface area (TPSA) is 81.7 Å². The third kappa shape index (κ3) is 14.0. The second-order valence-electron chi connectivity index (χ2n) is 20.1. The van der Waals surface area contributed by atoms with Gasteiger partial charge in [-0.2, -0.15) is 0 Å². The summed E-state index contributed by atoms with van der Waals surface area (Å²) < 4.78 is 45.0. The lowest BCUT2D eigenvalue weighted by Gasteiger charge is -2.45. The molecule has 0 aliphatic rings. The minimum atomic E-state index is -2.43. The van der Waals surface area contributed by atoms with Crippen molar-refractivity contribution in [3.8, 4) is 5.75 Å². The van der Waals surface area contributed by atoms with Crippen molar-refractivity contribution in [2.75, 3.05) is 27.9 Å². The first-order valence-corrected chi connectivity index (χ1v) is 28.6. The van der Waals surface area contributed by atoms with Crippen molar-refractivity contribution in [3.05, 3.63) is 41.5 Å². The van der Waals surface area contributed by atoms with Crippen LogP contribution < -0.4 is 4.74 Å². The summed E-state index contributed by atoms with van der Waals surface area (Å²) in [6, 6.07) is 7.94. The number of hydrogen-bond acceptors (Lipinski definition) is 8. The van der Waals surface area contributed by atoms with Gasteiger partial charge in [-0.05, 0) is 90.5 Å². The van der Waals surface area contributed by atoms with Crippen molar-refractivity contribution in [3.63, 3.8) is 0 Å². The van der Waals surface area contributed by atoms with Crippen LogP contribution in [0.15, 0.2) is 35.9 Å². The molecule has 0 spiro atoms. The molecule has 54 heavy (non-hydrogen) atoms. The van der Waals surface area contributed by atoms with Crippen LogP contribution in [0, 0.1) is 17.8 Å². The van der Waals surface area contributed by atoms with E-state index in [0.29, 0.717) is 13.2 Å². The smallest absolute Gasteiger partial charge is 0.336 e. The molecule has 1 aromatic rings. The number of rotatable bonds is 20. The first-order valence-electron chi connectivity index (χ1n) is 19.9. The summed E-state index contributed by atoms with van der Waals surface area (Å²) >= 11 is 0. The summed E-state index contributed by atoms with van der Waals surface area (Å²) in [4.78, 5) is 13.6. The zero-order chi connectivity index (χ0) is 42.3. The number of methoxy groups -OCH3 is 3. The number of benzene rings is 1. The van der Waals surface area contributed by atoms with Crippen LogP contribution in [0.3, 0.4) is 0 Å². The highest BCUT2D eigenvalue weighted by Gasteiger charge is 2.49. The number of carbonyl (C=O) groups excluding carboxylic acids is 1. The summed E-state index contributed by atoms with van der Waals surface area (Å²) in [5.41, 5.74) is 2.17. The maximum absolute atomic E-state index is 13.6. The second kappa shape index (κ2) is 19.9. The van der Waals surface area contributed by atoms with Gasteiger partial charge < -0.3 is 32.2 Å². The summed E-state index contributed by atoms with van der Waals surface area (Å²) in [5.74, 6) is 0.0910. The van der Waals surface area contributed by atoms with Gasteiger partial charge in [0, 0.05) is 25.6 Å². The monoisotopic (exact) mass is 811 g/mol. The summed E-state index contributed by atoms with van der Waals surface area (Å²) in [6.45, 7) is 43.4. The summed E-state index contributed by atoms with van der Waals surface area (Å²) in [6.07, 6.45) is 0.0888. The molecular formula is C43H82O8Si3. The van der Waals surface area contributed by atoms with E-state index in [0.717, 1.165) is 16.9 Å². The van der Waals surface area contributed by atoms with Crippen LogP contribution in [0.25, 0.3) is 0 Å². The minimum Gasteiger partial charge on any atom is -0.497 e. The molecule has 0 aromatic heterocycles. The van der Waals surface area contributed by atoms with Crippen LogP contribution in [0.5, 0.6) is 5.75 Å². The first kappa shape index (κ1) is 50.7. The summed E-state index contributed by atoms with van der Waals surface area (Å²) in [7, 11) is -1.92. The number of ether oxygens (including phenoxy) is 4. The van der Waals surface area contributed by atoms with Gasteiger partial charge in [-0.15, -0.1) is 0 Å². The highest BCUT2D eigenvalue weighted by atomic mass is 28.4. The largest absolute Gasteiger partial charge is 0.497 e. The third-order valence-corrected chi connectivity index (χ3v) is 26.0. The van der Waals surface area contributed by atoms with Gasteiger partial charge in [0.1, 0.15) is 5.75 Å². The fourth-order valence-corrected chi connectivity index (χ4v) is 9.51. The molecule has 0 radical (unpaired) electrons. The van der Waals surface area contributed by atoms with E-state index in [-0.39, 0.29) is 39.0 Å². The Labute approximate surface area is 335 Å². The Balaban J connectivity index is 3.88. The lowest BCUT2D eigenvalue weighted by atomic mass is 9.82. The van der Waals surface area contributed by atoms with Gasteiger partial charge in [-0.1, -0.05) is 101 Å². The molecule has 1 rings (SSSR count). The molecule has 1 aromatic carbocycles. The molecule has 0 fully saturated rings. The molecule has 0 aliphatic carbocycles. The standard InChI is InChI=1S/C43H82O8Si3/c1-30(28-49-52(17,18)41(5,6)7)27-31(2)36(50-53(19,20)42(8,9)10)32(3)37(48-29-34-23-25-35(45-14)26-24-34)33(4)38(46-15)39(40(44)47-16)51-54(21,22)43(11,12)13/h23-27,30,32-33,36-39H,28-29H2,1-22H3/b31-27+/t30-,32+,33-,36-,37-,38+,39-/m1/s1. The molecule has 0 heterocycles. The molecule has 8 nitrogen and oxygen atoms in total. The average molecular weight is 811 g/mol. The maximum atomic E-state index is 13.6. The van der Waals surface area contributed by atoms with Gasteiger partial charge in [-0.25, -0.2) is 4.79 Å². The Hall–Kier alpha value is -1.32. The van der Waals surface area contributed by atoms with E-state index >= 15 is 0 Å². The highest BCUT2D eigenvalue weighted by Crippen LogP contribution is 2.43. The van der Waals surface area contributed by atoms with E-state index in [4.69, 9.17) is 32.2 Å². The van der Waals surface area contributed by atoms with Crippen molar-refractivity contribution in [2.45, 2.75) is 175 Å². The van der Waals surface area contributed by atoms with Gasteiger partial charge in [0.2, 0.25) is 0 Å². The number of esters is 1. The lowest BCUT2D eigenvalue weighted by Crippen LogP contribution is -2.55. The van der Waals surface area contributed by atoms with Crippen molar-refractivity contribution in [2.24, 2.45) is 17.8 Å². The van der Waals surface area contributed by atoms with Gasteiger partial charge in [0.25, 0.3) is 0 Å². The molecule has 0 N–H and O–H groups in total. The SMILES string of the molecule is COC(=O)[C@H](O[Si](C)(C)C(C)(C)C)[C@@H](OC)[C@H](C)[C@H](OCc1ccc(OC)cc1)[C@@H](C)[C@H](O[Si](C)(C)C(C)(C)C)/C(C)=C/[C@@H](C)CO[Si](C)(C)C(C)(C)C. The first-order chi connectivity index (χ1) is 24.4. The molecule has 0 bridgehead atoms. The van der Waals surface area contributed by atoms with Crippen molar-refractivity contribution in [1.29, 1.82) is 0 Å². The van der Waals surface area contributed by atoms with E-state index in [9.17, 15) is 4.79 Å². The Morgan fingerprint density at radius 2 is 1.15 bits per heavy atom. The van der Waals surface area contributed by atoms with Crippen LogP contribution in [0.4, 0.5) is 0 Å². The number of hydrogen-bond donors (Lipinski definition) is 0. The second-order valence-corrected chi connectivity index (χ2v) is 34.4. The van der Waals surface area contributed by atoms with Crippen molar-refractivity contribution >= 4 is 30.9 Å². The Morgan fingerprint density at radius 1 is 0.685 bits per heavy atom. The Kier molecular flexibility index (Phi) is 18.7. The van der Waals surface area contributed by atoms with Gasteiger partial charge in [0.15, 0.2) is 31.1 Å². The van der Waals surface area contributed by atoms with E-state index < -0.39 is 49.2 Å². The van der Waals surface area contributed by atoms with Crippen LogP contribution in [0.2, 0.25) is 54.4 Å². The minimum absolute atomic E-state index is 0.0184. The van der Waals surface area contributed by atoms with Gasteiger partial charge in [0.05, 0.1) is 39.1 Å². The third-order valence-electron chi connectivity index (χ3n) is 12.6. The van der Waals surface area contributed by atoms with Gasteiger partial charge in [-0.3, -0.25) is 0 Å². The van der Waals surface area contributed by atoms with Crippen molar-refractivity contribution in [1.82, 2.24) is 0 Å². The maximum Gasteiger partial charge on any atom is 0.336 e. The molecule has 0 aliphatic heterocycles. The quantitative estimate of drug-likeness (QED) is 0.0732. The molecule has 0 saturated carbocycles. The van der Waals surface area contributed by atoms with E-state index in [2.05, 4.69) is 135 Å². The number of carbonyl (C=O) groups is 1. The van der Waals surface area contributed by atoms with Crippen LogP contribution in [-0.2, 0) is 38.9 Å². The van der Waals surface area contributed by atoms with Crippen LogP contribution in [0.1, 0.15) is 95.6 Å². The van der Waals surface area contributed by atoms with E-state index in [1.165, 1.54) is 7.11 Å². The van der Waals surface area contributed by atoms with E-state index in [1.807, 2.05) is 24.3 Å². The zero-order valence-corrected chi connectivity index (χ0v) is 41.6. The molecular weight excluding hydrogens is 729 g/mol. The fraction of sp³-hybridized carbons (Fsp3) is 0.791. The van der Waals surface area contributed by atoms with E-state index in [1.54, 1.807) is 14.2 Å². The Bertz CT molecular complexity index is 1320. The summed E-state index contributed by atoms with van der Waals surface area (Å²) in [5, 5.41) is -0.0183. The molecule has 0 unspecified atom stereocenters. The lowest BCUT2D eigenvalue weighted by molar-refractivity contribution is -0.165. The van der Waals surface area contributed by atoms with Gasteiger partial charge >= 0.3 is 5.97 Å². The molecule has 7 atom stereocenters. The average Bonchev–Trinajstić information content (AvgIpc) is 3.04. The molecule has 11 heteroatoms. The van der Waals surface area contributed by atoms with Crippen molar-refractivity contribution < 1.29 is 37.0 Å². The molecule has 314 valence electrons. The molecule has 0 saturated heterocycles. The zero-order valence-electron chi connectivity index (χ0n) is 38.6. The predicted octanol–water partition coefficient (Wildman–Crippen LogP) is 11.4. The fourth-order valence-electron chi connectivity index (χ4n) is 5.79. The van der Waals surface area contributed by atoms with Crippen LogP contribution >= 0.6 is 0 Å². The predicted molar refractivity (Wildman–Crippen MR) is 233 cm³/mol. The molecule has 0 amide bonds. The van der Waals surface area contributed by atoms with Crippen LogP contribution in [-0.4, -0.2) is 83.3 Å².